The molecule has 2 N–H and O–H groups in total. The summed E-state index contributed by atoms with van der Waals surface area (Å²) in [6, 6.07) is -0.746. The summed E-state index contributed by atoms with van der Waals surface area (Å²) in [6.45, 7) is 4.16. The van der Waals surface area contributed by atoms with Crippen molar-refractivity contribution < 1.29 is 19.4 Å². The first-order valence-electron chi connectivity index (χ1n) is 3.90. The number of carbonyl (C=O) groups is 2. The van der Waals surface area contributed by atoms with E-state index in [1.54, 1.807) is 0 Å². The van der Waals surface area contributed by atoms with Crippen LogP contribution in [0.15, 0.2) is 0 Å². The molecule has 0 fully saturated rings. The van der Waals surface area contributed by atoms with Gasteiger partial charge in [-0.3, -0.25) is 4.79 Å². The quantitative estimate of drug-likeness (QED) is 0.583. The highest BCUT2D eigenvalue weighted by atomic mass is 16.5. The molecular formula is C8H15NO4. The minimum Gasteiger partial charge on any atom is -0.467 e. The lowest BCUT2D eigenvalue weighted by Crippen LogP contribution is -2.48. The van der Waals surface area contributed by atoms with Crippen LogP contribution in [0.5, 0.6) is 0 Å². The first kappa shape index (κ1) is 11.9. The van der Waals surface area contributed by atoms with Gasteiger partial charge in [0.1, 0.15) is 11.6 Å². The van der Waals surface area contributed by atoms with Gasteiger partial charge in [0.15, 0.2) is 0 Å². The maximum atomic E-state index is 11.1. The molecule has 0 aliphatic heterocycles. The Kier molecular flexibility index (Phi) is 3.87. The van der Waals surface area contributed by atoms with Crippen LogP contribution in [-0.4, -0.2) is 35.7 Å². The third kappa shape index (κ3) is 3.89. The normalized spacial score (nSPS) is 13.3. The van der Waals surface area contributed by atoms with E-state index >= 15 is 0 Å². The van der Waals surface area contributed by atoms with Crippen LogP contribution in [0.4, 0.5) is 0 Å². The van der Waals surface area contributed by atoms with Crippen LogP contribution in [0, 0.1) is 0 Å². The van der Waals surface area contributed by atoms with Gasteiger partial charge in [0.2, 0.25) is 0 Å². The molecule has 76 valence electrons. The van der Waals surface area contributed by atoms with Crippen molar-refractivity contribution in [2.75, 3.05) is 7.11 Å². The molecule has 1 amide bonds. The van der Waals surface area contributed by atoms with Gasteiger partial charge in [0.25, 0.3) is 5.91 Å². The zero-order chi connectivity index (χ0) is 10.6. The fraction of sp³-hybridized carbons (Fsp3) is 0.750. The van der Waals surface area contributed by atoms with Gasteiger partial charge in [0, 0.05) is 0 Å². The molecule has 0 radical (unpaired) electrons. The number of nitrogens with one attached hydrogen (secondary N) is 1. The molecule has 5 heteroatoms. The minimum absolute atomic E-state index is 0.544. The largest absolute Gasteiger partial charge is 0.467 e. The first-order chi connectivity index (χ1) is 5.79. The highest BCUT2D eigenvalue weighted by Crippen LogP contribution is 2.01. The molecule has 0 aliphatic rings. The third-order valence-corrected chi connectivity index (χ3v) is 1.46. The molecule has 0 spiro atoms. The number of carbonyl (C=O) groups excluding carboxylic acids is 2. The standard InChI is InChI=1S/C8H15NO4/c1-5(6(10)13-4)9-7(11)8(2,3)12/h5,12H,1-4H3,(H,9,11). The zero-order valence-corrected chi connectivity index (χ0v) is 8.25. The molecule has 5 nitrogen and oxygen atoms in total. The van der Waals surface area contributed by atoms with E-state index in [0.717, 1.165) is 0 Å². The van der Waals surface area contributed by atoms with Crippen molar-refractivity contribution in [3.8, 4) is 0 Å². The van der Waals surface area contributed by atoms with Crippen molar-refractivity contribution in [3.63, 3.8) is 0 Å². The van der Waals surface area contributed by atoms with Gasteiger partial charge < -0.3 is 15.2 Å². The Labute approximate surface area is 77.1 Å². The molecule has 13 heavy (non-hydrogen) atoms. The number of amides is 1. The number of rotatable bonds is 3. The lowest BCUT2D eigenvalue weighted by Gasteiger charge is -2.19. The maximum absolute atomic E-state index is 11.1. The molecule has 0 saturated heterocycles. The fourth-order valence-electron chi connectivity index (χ4n) is 0.609. The van der Waals surface area contributed by atoms with Gasteiger partial charge in [-0.2, -0.15) is 0 Å². The predicted octanol–water partition coefficient (Wildman–Crippen LogP) is -0.565. The van der Waals surface area contributed by atoms with Crippen LogP contribution >= 0.6 is 0 Å². The van der Waals surface area contributed by atoms with Gasteiger partial charge in [0.05, 0.1) is 7.11 Å². The molecule has 0 heterocycles. The summed E-state index contributed by atoms with van der Waals surface area (Å²) in [4.78, 5) is 22.0. The molecule has 0 aromatic carbocycles. The monoisotopic (exact) mass is 189 g/mol. The van der Waals surface area contributed by atoms with E-state index in [1.165, 1.54) is 27.9 Å². The van der Waals surface area contributed by atoms with E-state index in [9.17, 15) is 14.7 Å². The van der Waals surface area contributed by atoms with E-state index < -0.39 is 23.5 Å². The van der Waals surface area contributed by atoms with Crippen LogP contribution in [0.1, 0.15) is 20.8 Å². The number of methoxy groups -OCH3 is 1. The molecule has 0 rings (SSSR count). The summed E-state index contributed by atoms with van der Waals surface area (Å²) in [5.41, 5.74) is -1.48. The van der Waals surface area contributed by atoms with Crippen molar-refractivity contribution in [1.29, 1.82) is 0 Å². The van der Waals surface area contributed by atoms with E-state index in [2.05, 4.69) is 10.1 Å². The van der Waals surface area contributed by atoms with Crippen molar-refractivity contribution in [2.45, 2.75) is 32.4 Å². The molecule has 0 saturated carbocycles. The predicted molar refractivity (Wildman–Crippen MR) is 45.9 cm³/mol. The summed E-state index contributed by atoms with van der Waals surface area (Å²) < 4.78 is 4.39. The molecule has 0 aromatic rings. The highest BCUT2D eigenvalue weighted by molar-refractivity contribution is 5.88. The van der Waals surface area contributed by atoms with Crippen molar-refractivity contribution in [3.05, 3.63) is 0 Å². The lowest BCUT2D eigenvalue weighted by atomic mass is 10.1. The van der Waals surface area contributed by atoms with Crippen LogP contribution in [0.2, 0.25) is 0 Å². The lowest BCUT2D eigenvalue weighted by molar-refractivity contribution is -0.147. The SMILES string of the molecule is COC(=O)C(C)NC(=O)C(C)(C)O. The van der Waals surface area contributed by atoms with Crippen molar-refractivity contribution in [1.82, 2.24) is 5.32 Å². The average Bonchev–Trinajstić information content (AvgIpc) is 2.01. The summed E-state index contributed by atoms with van der Waals surface area (Å²) >= 11 is 0. The van der Waals surface area contributed by atoms with Gasteiger partial charge >= 0.3 is 5.97 Å². The second-order valence-electron chi connectivity index (χ2n) is 3.28. The Morgan fingerprint density at radius 3 is 2.23 bits per heavy atom. The van der Waals surface area contributed by atoms with Crippen molar-refractivity contribution in [2.24, 2.45) is 0 Å². The average molecular weight is 189 g/mol. The van der Waals surface area contributed by atoms with E-state index in [4.69, 9.17) is 0 Å². The van der Waals surface area contributed by atoms with Crippen molar-refractivity contribution >= 4 is 11.9 Å². The van der Waals surface area contributed by atoms with Crippen LogP contribution < -0.4 is 5.32 Å². The summed E-state index contributed by atoms with van der Waals surface area (Å²) in [5, 5.41) is 11.5. The number of aliphatic hydroxyl groups is 1. The van der Waals surface area contributed by atoms with E-state index in [0.29, 0.717) is 0 Å². The Bertz CT molecular complexity index is 207. The topological polar surface area (TPSA) is 75.6 Å². The molecule has 1 atom stereocenters. The second kappa shape index (κ2) is 4.23. The van der Waals surface area contributed by atoms with Gasteiger partial charge in [-0.25, -0.2) is 4.79 Å². The maximum Gasteiger partial charge on any atom is 0.328 e. The second-order valence-corrected chi connectivity index (χ2v) is 3.28. The molecule has 1 unspecified atom stereocenters. The van der Waals surface area contributed by atoms with Gasteiger partial charge in [-0.05, 0) is 20.8 Å². The van der Waals surface area contributed by atoms with Crippen LogP contribution in [0.25, 0.3) is 0 Å². The summed E-state index contributed by atoms with van der Waals surface area (Å²) in [7, 11) is 1.23. The number of esters is 1. The Hall–Kier alpha value is -1.10. The Morgan fingerprint density at radius 2 is 1.92 bits per heavy atom. The van der Waals surface area contributed by atoms with Crippen LogP contribution in [-0.2, 0) is 14.3 Å². The zero-order valence-electron chi connectivity index (χ0n) is 8.25. The summed E-state index contributed by atoms with van der Waals surface area (Å²) in [5.74, 6) is -1.15. The number of hydrogen-bond donors (Lipinski definition) is 2. The molecular weight excluding hydrogens is 174 g/mol. The molecule has 0 bridgehead atoms. The Balaban J connectivity index is 4.15. The molecule has 0 aliphatic carbocycles. The third-order valence-electron chi connectivity index (χ3n) is 1.46. The Morgan fingerprint density at radius 1 is 1.46 bits per heavy atom. The minimum atomic E-state index is -1.48. The van der Waals surface area contributed by atoms with Gasteiger partial charge in [-0.1, -0.05) is 0 Å². The molecule has 0 aromatic heterocycles. The van der Waals surface area contributed by atoms with Gasteiger partial charge in [-0.15, -0.1) is 0 Å². The fourth-order valence-corrected chi connectivity index (χ4v) is 0.609. The number of hydrogen-bond acceptors (Lipinski definition) is 4. The van der Waals surface area contributed by atoms with E-state index in [1.807, 2.05) is 0 Å². The first-order valence-corrected chi connectivity index (χ1v) is 3.90. The number of ether oxygens (including phenoxy) is 1. The van der Waals surface area contributed by atoms with E-state index in [-0.39, 0.29) is 0 Å². The smallest absolute Gasteiger partial charge is 0.328 e. The van der Waals surface area contributed by atoms with Crippen LogP contribution in [0.3, 0.4) is 0 Å². The highest BCUT2D eigenvalue weighted by Gasteiger charge is 2.27. The summed E-state index contributed by atoms with van der Waals surface area (Å²) in [6.07, 6.45) is 0.